The summed E-state index contributed by atoms with van der Waals surface area (Å²) >= 11 is 1.43. The number of hydrogen-bond acceptors (Lipinski definition) is 4. The van der Waals surface area contributed by atoms with Crippen LogP contribution >= 0.6 is 11.8 Å². The van der Waals surface area contributed by atoms with E-state index in [4.69, 9.17) is 0 Å². The SMILES string of the molecule is CC(=O)Nc1ccc(SCC(=O)Nc2ccnn2Cc2ccccc2)cc1. The van der Waals surface area contributed by atoms with Gasteiger partial charge in [-0.05, 0) is 29.8 Å². The summed E-state index contributed by atoms with van der Waals surface area (Å²) in [6, 6.07) is 19.1. The fourth-order valence-electron chi connectivity index (χ4n) is 2.49. The quantitative estimate of drug-likeness (QED) is 0.614. The molecule has 3 aromatic rings. The summed E-state index contributed by atoms with van der Waals surface area (Å²) in [6.45, 7) is 2.07. The Morgan fingerprint density at radius 2 is 1.74 bits per heavy atom. The molecule has 0 aliphatic rings. The Labute approximate surface area is 162 Å². The van der Waals surface area contributed by atoms with E-state index in [1.54, 1.807) is 16.9 Å². The van der Waals surface area contributed by atoms with Gasteiger partial charge < -0.3 is 10.6 Å². The lowest BCUT2D eigenvalue weighted by Gasteiger charge is -2.09. The molecule has 138 valence electrons. The summed E-state index contributed by atoms with van der Waals surface area (Å²) in [5.74, 6) is 0.754. The molecule has 0 aliphatic carbocycles. The van der Waals surface area contributed by atoms with Gasteiger partial charge in [-0.2, -0.15) is 5.10 Å². The van der Waals surface area contributed by atoms with E-state index < -0.39 is 0 Å². The van der Waals surface area contributed by atoms with Crippen LogP contribution in [-0.4, -0.2) is 27.3 Å². The molecule has 6 nitrogen and oxygen atoms in total. The third-order valence-corrected chi connectivity index (χ3v) is 4.72. The van der Waals surface area contributed by atoms with E-state index in [9.17, 15) is 9.59 Å². The standard InChI is InChI=1S/C20H20N4O2S/c1-15(25)22-17-7-9-18(10-8-17)27-14-20(26)23-19-11-12-21-24(19)13-16-5-3-2-4-6-16/h2-12H,13-14H2,1H3,(H,22,25)(H,23,26). The molecule has 0 radical (unpaired) electrons. The molecule has 0 saturated carbocycles. The molecule has 0 fully saturated rings. The van der Waals surface area contributed by atoms with E-state index >= 15 is 0 Å². The van der Waals surface area contributed by atoms with Crippen molar-refractivity contribution in [3.8, 4) is 0 Å². The molecule has 0 bridgehead atoms. The van der Waals surface area contributed by atoms with Gasteiger partial charge in [0.05, 0.1) is 18.5 Å². The number of hydrogen-bond donors (Lipinski definition) is 2. The predicted molar refractivity (Wildman–Crippen MR) is 108 cm³/mol. The number of benzene rings is 2. The van der Waals surface area contributed by atoms with Crippen molar-refractivity contribution in [2.75, 3.05) is 16.4 Å². The molecule has 0 aliphatic heterocycles. The van der Waals surface area contributed by atoms with Gasteiger partial charge in [0.1, 0.15) is 5.82 Å². The number of aromatic nitrogens is 2. The van der Waals surface area contributed by atoms with E-state index in [1.165, 1.54) is 18.7 Å². The summed E-state index contributed by atoms with van der Waals surface area (Å²) in [4.78, 5) is 24.3. The Bertz CT molecular complexity index is 907. The fraction of sp³-hybridized carbons (Fsp3) is 0.150. The zero-order chi connectivity index (χ0) is 19.1. The molecular weight excluding hydrogens is 360 g/mol. The predicted octanol–water partition coefficient (Wildman–Crippen LogP) is 3.62. The molecule has 2 N–H and O–H groups in total. The second-order valence-corrected chi connectivity index (χ2v) is 6.95. The second kappa shape index (κ2) is 9.05. The van der Waals surface area contributed by atoms with Gasteiger partial charge in [0, 0.05) is 23.6 Å². The fourth-order valence-corrected chi connectivity index (χ4v) is 3.19. The maximum absolute atomic E-state index is 12.3. The van der Waals surface area contributed by atoms with Crippen molar-refractivity contribution in [3.63, 3.8) is 0 Å². The molecule has 0 unspecified atom stereocenters. The summed E-state index contributed by atoms with van der Waals surface area (Å²) < 4.78 is 1.76. The topological polar surface area (TPSA) is 76.0 Å². The van der Waals surface area contributed by atoms with Gasteiger partial charge in [-0.15, -0.1) is 11.8 Å². The maximum atomic E-state index is 12.3. The van der Waals surface area contributed by atoms with Crippen LogP contribution in [0, 0.1) is 0 Å². The molecule has 0 spiro atoms. The van der Waals surface area contributed by atoms with Gasteiger partial charge in [-0.3, -0.25) is 9.59 Å². The molecule has 2 amide bonds. The van der Waals surface area contributed by atoms with Crippen molar-refractivity contribution in [3.05, 3.63) is 72.4 Å². The van der Waals surface area contributed by atoms with Crippen molar-refractivity contribution in [2.45, 2.75) is 18.4 Å². The first-order valence-corrected chi connectivity index (χ1v) is 9.45. The molecule has 27 heavy (non-hydrogen) atoms. The Morgan fingerprint density at radius 1 is 1.00 bits per heavy atom. The highest BCUT2D eigenvalue weighted by Gasteiger charge is 2.09. The molecule has 1 heterocycles. The van der Waals surface area contributed by atoms with E-state index in [-0.39, 0.29) is 17.6 Å². The molecule has 0 atom stereocenters. The van der Waals surface area contributed by atoms with Gasteiger partial charge in [0.15, 0.2) is 0 Å². The van der Waals surface area contributed by atoms with Crippen LogP contribution in [0.15, 0.2) is 71.8 Å². The number of nitrogens with zero attached hydrogens (tertiary/aromatic N) is 2. The smallest absolute Gasteiger partial charge is 0.235 e. The molecule has 3 rings (SSSR count). The Morgan fingerprint density at radius 3 is 2.44 bits per heavy atom. The highest BCUT2D eigenvalue weighted by Crippen LogP contribution is 2.21. The lowest BCUT2D eigenvalue weighted by Crippen LogP contribution is -2.17. The van der Waals surface area contributed by atoms with Crippen LogP contribution < -0.4 is 10.6 Å². The lowest BCUT2D eigenvalue weighted by atomic mass is 10.2. The molecule has 1 aromatic heterocycles. The molecule has 7 heteroatoms. The summed E-state index contributed by atoms with van der Waals surface area (Å²) in [5, 5.41) is 9.89. The van der Waals surface area contributed by atoms with Crippen LogP contribution in [0.5, 0.6) is 0 Å². The van der Waals surface area contributed by atoms with E-state index in [2.05, 4.69) is 15.7 Å². The maximum Gasteiger partial charge on any atom is 0.235 e. The van der Waals surface area contributed by atoms with Crippen LogP contribution in [0.3, 0.4) is 0 Å². The lowest BCUT2D eigenvalue weighted by molar-refractivity contribution is -0.114. The summed E-state index contributed by atoms with van der Waals surface area (Å²) in [6.07, 6.45) is 1.67. The minimum Gasteiger partial charge on any atom is -0.326 e. The van der Waals surface area contributed by atoms with Crippen molar-refractivity contribution in [2.24, 2.45) is 0 Å². The number of carbonyl (C=O) groups excluding carboxylic acids is 2. The van der Waals surface area contributed by atoms with Crippen LogP contribution in [0.2, 0.25) is 0 Å². The normalized spacial score (nSPS) is 10.4. The van der Waals surface area contributed by atoms with E-state index in [0.29, 0.717) is 12.4 Å². The first-order chi connectivity index (χ1) is 13.1. The monoisotopic (exact) mass is 380 g/mol. The average Bonchev–Trinajstić information content (AvgIpc) is 3.08. The van der Waals surface area contributed by atoms with Crippen LogP contribution in [0.25, 0.3) is 0 Å². The van der Waals surface area contributed by atoms with Crippen LogP contribution in [0.1, 0.15) is 12.5 Å². The Balaban J connectivity index is 1.53. The van der Waals surface area contributed by atoms with Gasteiger partial charge in [0.25, 0.3) is 0 Å². The number of thioether (sulfide) groups is 1. The summed E-state index contributed by atoms with van der Waals surface area (Å²) in [5.41, 5.74) is 1.85. The van der Waals surface area contributed by atoms with Gasteiger partial charge in [-0.1, -0.05) is 30.3 Å². The molecule has 2 aromatic carbocycles. The number of nitrogens with one attached hydrogen (secondary N) is 2. The zero-order valence-electron chi connectivity index (χ0n) is 14.9. The average molecular weight is 380 g/mol. The molecule has 0 saturated heterocycles. The largest absolute Gasteiger partial charge is 0.326 e. The minimum atomic E-state index is -0.109. The Kier molecular flexibility index (Phi) is 6.27. The minimum absolute atomic E-state index is 0.0965. The van der Waals surface area contributed by atoms with Gasteiger partial charge in [0.2, 0.25) is 11.8 Å². The highest BCUT2D eigenvalue weighted by atomic mass is 32.2. The van der Waals surface area contributed by atoms with Crippen LogP contribution in [-0.2, 0) is 16.1 Å². The van der Waals surface area contributed by atoms with Gasteiger partial charge >= 0.3 is 0 Å². The van der Waals surface area contributed by atoms with Crippen molar-refractivity contribution in [1.82, 2.24) is 9.78 Å². The highest BCUT2D eigenvalue weighted by molar-refractivity contribution is 8.00. The third kappa shape index (κ3) is 5.72. The zero-order valence-corrected chi connectivity index (χ0v) is 15.7. The Hall–Kier alpha value is -3.06. The van der Waals surface area contributed by atoms with Crippen molar-refractivity contribution in [1.29, 1.82) is 0 Å². The third-order valence-electron chi connectivity index (χ3n) is 3.70. The molecular formula is C20H20N4O2S. The number of rotatable bonds is 7. The number of anilines is 2. The van der Waals surface area contributed by atoms with Crippen LogP contribution in [0.4, 0.5) is 11.5 Å². The second-order valence-electron chi connectivity index (χ2n) is 5.90. The van der Waals surface area contributed by atoms with Crippen molar-refractivity contribution < 1.29 is 9.59 Å². The first kappa shape index (κ1) is 18.7. The van der Waals surface area contributed by atoms with Crippen molar-refractivity contribution >= 4 is 35.1 Å². The van der Waals surface area contributed by atoms with Gasteiger partial charge in [-0.25, -0.2) is 4.68 Å². The van der Waals surface area contributed by atoms with E-state index in [1.807, 2.05) is 54.6 Å². The van der Waals surface area contributed by atoms with E-state index in [0.717, 1.165) is 16.1 Å². The summed E-state index contributed by atoms with van der Waals surface area (Å²) in [7, 11) is 0. The first-order valence-electron chi connectivity index (χ1n) is 8.46. The number of amides is 2. The number of carbonyl (C=O) groups is 2.